The molecule has 0 fully saturated rings. The van der Waals surface area contributed by atoms with Crippen molar-refractivity contribution in [3.05, 3.63) is 167 Å². The van der Waals surface area contributed by atoms with Gasteiger partial charge in [-0.25, -0.2) is 16.8 Å². The molecule has 0 aliphatic heterocycles. The Morgan fingerprint density at radius 2 is 0.711 bits per heavy atom. The molecule has 0 saturated heterocycles. The van der Waals surface area contributed by atoms with Crippen molar-refractivity contribution >= 4 is 19.7 Å². The highest BCUT2D eigenvalue weighted by Crippen LogP contribution is 2.63. The molecule has 220 valence electrons. The van der Waals surface area contributed by atoms with Gasteiger partial charge in [0.1, 0.15) is 0 Å². The van der Waals surface area contributed by atoms with Crippen LogP contribution < -0.4 is 0 Å². The van der Waals surface area contributed by atoms with Gasteiger partial charge >= 0.3 is 0 Å². The molecule has 6 aromatic carbocycles. The van der Waals surface area contributed by atoms with Crippen molar-refractivity contribution in [2.75, 3.05) is 0 Å². The van der Waals surface area contributed by atoms with Crippen LogP contribution in [-0.2, 0) is 25.1 Å². The highest BCUT2D eigenvalue weighted by molar-refractivity contribution is 7.91. The molecule has 1 spiro atoms. The van der Waals surface area contributed by atoms with Gasteiger partial charge in [-0.15, -0.1) is 0 Å². The SMILES string of the molecule is Cc1ccc(S(=O)(=O)c2ccc3c(c2)C2(c4ccccc4-3)c3ccccc3-c3ccc(S(=O)(=O)c4ccc(C)cc4)cc32)cc1. The fraction of sp³-hybridized carbons (Fsp3) is 0.0769. The summed E-state index contributed by atoms with van der Waals surface area (Å²) in [6, 6.07) is 40.8. The van der Waals surface area contributed by atoms with Gasteiger partial charge in [0.2, 0.25) is 19.7 Å². The van der Waals surface area contributed by atoms with E-state index >= 15 is 0 Å². The zero-order valence-corrected chi connectivity index (χ0v) is 26.3. The largest absolute Gasteiger partial charge is 0.219 e. The van der Waals surface area contributed by atoms with Crippen LogP contribution in [0.1, 0.15) is 33.4 Å². The molecule has 8 rings (SSSR count). The smallest absolute Gasteiger partial charge is 0.206 e. The van der Waals surface area contributed by atoms with Crippen LogP contribution in [0, 0.1) is 13.8 Å². The van der Waals surface area contributed by atoms with E-state index in [0.29, 0.717) is 0 Å². The minimum absolute atomic E-state index is 0.201. The van der Waals surface area contributed by atoms with E-state index in [-0.39, 0.29) is 19.6 Å². The molecule has 2 aliphatic rings. The molecule has 0 atom stereocenters. The van der Waals surface area contributed by atoms with Gasteiger partial charge in [0, 0.05) is 0 Å². The van der Waals surface area contributed by atoms with E-state index < -0.39 is 25.1 Å². The summed E-state index contributed by atoms with van der Waals surface area (Å²) in [5, 5.41) is 0. The molecule has 0 heterocycles. The normalized spacial score (nSPS) is 14.1. The van der Waals surface area contributed by atoms with Crippen molar-refractivity contribution in [2.24, 2.45) is 0 Å². The predicted octanol–water partition coefficient (Wildman–Crippen LogP) is 8.31. The highest BCUT2D eigenvalue weighted by atomic mass is 32.2. The van der Waals surface area contributed by atoms with Crippen LogP contribution in [-0.4, -0.2) is 16.8 Å². The topological polar surface area (TPSA) is 68.3 Å². The van der Waals surface area contributed by atoms with Crippen LogP contribution in [0.3, 0.4) is 0 Å². The molecular formula is C39H28O4S2. The standard InChI is InChI=1S/C39H28O4S2/c1-25-11-15-27(16-12-25)44(40,41)29-19-21-33-31-7-3-5-9-35(31)39(37(33)23-29)36-10-6-4-8-32(36)34-22-20-30(24-38(34)39)45(42,43)28-17-13-26(2)14-18-28/h3-24H,1-2H3. The van der Waals surface area contributed by atoms with Crippen LogP contribution in [0.5, 0.6) is 0 Å². The number of sulfone groups is 2. The summed E-state index contributed by atoms with van der Waals surface area (Å²) in [4.78, 5) is 0.867. The molecule has 0 aromatic heterocycles. The summed E-state index contributed by atoms with van der Waals surface area (Å²) in [7, 11) is -7.66. The summed E-state index contributed by atoms with van der Waals surface area (Å²) in [5.41, 5.74) is 8.58. The van der Waals surface area contributed by atoms with Crippen molar-refractivity contribution < 1.29 is 16.8 Å². The molecular weight excluding hydrogens is 597 g/mol. The molecule has 6 heteroatoms. The van der Waals surface area contributed by atoms with E-state index in [0.717, 1.165) is 55.6 Å². The summed E-state index contributed by atoms with van der Waals surface area (Å²) in [6.45, 7) is 3.85. The third kappa shape index (κ3) is 3.82. The minimum atomic E-state index is -3.83. The van der Waals surface area contributed by atoms with Crippen LogP contribution in [0.25, 0.3) is 22.3 Å². The second-order valence-corrected chi connectivity index (χ2v) is 15.8. The van der Waals surface area contributed by atoms with Gasteiger partial charge < -0.3 is 0 Å². The van der Waals surface area contributed by atoms with Gasteiger partial charge in [-0.05, 0) is 107 Å². The van der Waals surface area contributed by atoms with Gasteiger partial charge in [-0.3, -0.25) is 0 Å². The number of rotatable bonds is 4. The van der Waals surface area contributed by atoms with Crippen LogP contribution in [0.2, 0.25) is 0 Å². The molecule has 0 unspecified atom stereocenters. The maximum absolute atomic E-state index is 14.0. The lowest BCUT2D eigenvalue weighted by atomic mass is 9.70. The van der Waals surface area contributed by atoms with E-state index in [4.69, 9.17) is 0 Å². The highest BCUT2D eigenvalue weighted by Gasteiger charge is 2.52. The Labute approximate surface area is 263 Å². The van der Waals surface area contributed by atoms with Gasteiger partial charge in [0.25, 0.3) is 0 Å². The lowest BCUT2D eigenvalue weighted by Crippen LogP contribution is -2.26. The first kappa shape index (κ1) is 27.7. The zero-order chi connectivity index (χ0) is 31.1. The first-order chi connectivity index (χ1) is 21.6. The molecule has 2 aliphatic carbocycles. The lowest BCUT2D eigenvalue weighted by Gasteiger charge is -2.31. The van der Waals surface area contributed by atoms with Crippen molar-refractivity contribution in [1.29, 1.82) is 0 Å². The molecule has 0 saturated carbocycles. The van der Waals surface area contributed by atoms with Gasteiger partial charge in [-0.1, -0.05) is 96.1 Å². The Hall–Kier alpha value is -4.78. The first-order valence-corrected chi connectivity index (χ1v) is 17.7. The predicted molar refractivity (Wildman–Crippen MR) is 176 cm³/mol. The average Bonchev–Trinajstić information content (AvgIpc) is 3.52. The van der Waals surface area contributed by atoms with Crippen LogP contribution in [0.15, 0.2) is 153 Å². The Kier molecular flexibility index (Phi) is 5.92. The Bertz CT molecular complexity index is 2230. The molecule has 6 aromatic rings. The molecule has 4 nitrogen and oxygen atoms in total. The van der Waals surface area contributed by atoms with E-state index in [1.165, 1.54) is 0 Å². The third-order valence-electron chi connectivity index (χ3n) is 9.32. The zero-order valence-electron chi connectivity index (χ0n) is 24.7. The van der Waals surface area contributed by atoms with Crippen molar-refractivity contribution in [3.63, 3.8) is 0 Å². The number of fused-ring (bicyclic) bond motifs is 10. The summed E-state index contributed by atoms with van der Waals surface area (Å²) >= 11 is 0. The van der Waals surface area contributed by atoms with E-state index in [9.17, 15) is 16.8 Å². The Morgan fingerprint density at radius 3 is 1.11 bits per heavy atom. The first-order valence-electron chi connectivity index (χ1n) is 14.8. The second kappa shape index (κ2) is 9.61. The fourth-order valence-electron chi connectivity index (χ4n) is 7.14. The monoisotopic (exact) mass is 624 g/mol. The fourth-order valence-corrected chi connectivity index (χ4v) is 9.71. The number of aryl methyl sites for hydroxylation is 2. The van der Waals surface area contributed by atoms with Crippen molar-refractivity contribution in [3.8, 4) is 22.3 Å². The molecule has 45 heavy (non-hydrogen) atoms. The minimum Gasteiger partial charge on any atom is -0.219 e. The van der Waals surface area contributed by atoms with Crippen molar-refractivity contribution in [1.82, 2.24) is 0 Å². The van der Waals surface area contributed by atoms with Gasteiger partial charge in [0.05, 0.1) is 25.0 Å². The summed E-state index contributed by atoms with van der Waals surface area (Å²) in [6.07, 6.45) is 0. The lowest BCUT2D eigenvalue weighted by molar-refractivity contribution is 0.594. The Balaban J connectivity index is 1.43. The summed E-state index contributed by atoms with van der Waals surface area (Å²) < 4.78 is 56.0. The quantitative estimate of drug-likeness (QED) is 0.198. The van der Waals surface area contributed by atoms with Crippen molar-refractivity contribution in [2.45, 2.75) is 38.8 Å². The third-order valence-corrected chi connectivity index (χ3v) is 12.9. The van der Waals surface area contributed by atoms with Crippen LogP contribution in [0.4, 0.5) is 0 Å². The maximum Gasteiger partial charge on any atom is 0.206 e. The summed E-state index contributed by atoms with van der Waals surface area (Å²) in [5.74, 6) is 0. The van der Waals surface area contributed by atoms with E-state index in [1.54, 1.807) is 72.8 Å². The maximum atomic E-state index is 14.0. The second-order valence-electron chi connectivity index (χ2n) is 11.9. The number of hydrogen-bond acceptors (Lipinski definition) is 4. The van der Waals surface area contributed by atoms with Gasteiger partial charge in [-0.2, -0.15) is 0 Å². The molecule has 0 amide bonds. The van der Waals surface area contributed by atoms with Gasteiger partial charge in [0.15, 0.2) is 0 Å². The van der Waals surface area contributed by atoms with Crippen LogP contribution >= 0.6 is 0 Å². The van der Waals surface area contributed by atoms with E-state index in [2.05, 4.69) is 24.3 Å². The van der Waals surface area contributed by atoms with E-state index in [1.807, 2.05) is 50.2 Å². The molecule has 0 bridgehead atoms. The molecule has 0 N–H and O–H groups in total. The Morgan fingerprint density at radius 1 is 0.378 bits per heavy atom. The molecule has 0 radical (unpaired) electrons. The average molecular weight is 625 g/mol. The number of benzene rings is 6. The number of hydrogen-bond donors (Lipinski definition) is 0.